The highest BCUT2D eigenvalue weighted by Crippen LogP contribution is 2.32. The highest BCUT2D eigenvalue weighted by atomic mass is 16.7. The third-order valence-corrected chi connectivity index (χ3v) is 3.61. The summed E-state index contributed by atoms with van der Waals surface area (Å²) in [5, 5.41) is 12.5. The summed E-state index contributed by atoms with van der Waals surface area (Å²) in [5.41, 5.74) is 1.24. The number of hydrogen-bond acceptors (Lipinski definition) is 6. The summed E-state index contributed by atoms with van der Waals surface area (Å²) in [6, 6.07) is 13.7. The smallest absolute Gasteiger partial charge is 0.340 e. The molecule has 1 aliphatic rings. The van der Waals surface area contributed by atoms with Gasteiger partial charge in [0, 0.05) is 6.54 Å². The van der Waals surface area contributed by atoms with Crippen molar-refractivity contribution < 1.29 is 28.9 Å². The molecule has 2 aromatic rings. The minimum Gasteiger partial charge on any atom is -0.454 e. The lowest BCUT2D eigenvalue weighted by atomic mass is 10.1. The van der Waals surface area contributed by atoms with Gasteiger partial charge in [-0.3, -0.25) is 4.79 Å². The lowest BCUT2D eigenvalue weighted by Gasteiger charge is -2.11. The number of amides is 1. The number of carbonyl (C=O) groups excluding carboxylic acids is 2. The van der Waals surface area contributed by atoms with Crippen LogP contribution < -0.4 is 14.8 Å². The van der Waals surface area contributed by atoms with E-state index in [0.717, 1.165) is 5.56 Å². The number of esters is 1. The minimum atomic E-state index is -1.41. The van der Waals surface area contributed by atoms with E-state index in [1.807, 2.05) is 0 Å². The first-order chi connectivity index (χ1) is 12.1. The van der Waals surface area contributed by atoms with Gasteiger partial charge in [0.1, 0.15) is 0 Å². The maximum atomic E-state index is 11.8. The van der Waals surface area contributed by atoms with Gasteiger partial charge in [-0.25, -0.2) is 4.79 Å². The first-order valence-corrected chi connectivity index (χ1v) is 7.68. The second-order valence-corrected chi connectivity index (χ2v) is 5.39. The van der Waals surface area contributed by atoms with Gasteiger partial charge in [0.15, 0.2) is 24.2 Å². The maximum absolute atomic E-state index is 11.8. The summed E-state index contributed by atoms with van der Waals surface area (Å²) in [7, 11) is 0. The molecular formula is C18H17NO6. The number of rotatable bonds is 6. The summed E-state index contributed by atoms with van der Waals surface area (Å²) >= 11 is 0. The number of fused-ring (bicyclic) bond motifs is 1. The van der Waals surface area contributed by atoms with E-state index in [-0.39, 0.29) is 13.3 Å². The first-order valence-electron chi connectivity index (χ1n) is 7.68. The van der Waals surface area contributed by atoms with Crippen molar-refractivity contribution in [3.8, 4) is 11.5 Å². The highest BCUT2D eigenvalue weighted by Gasteiger charge is 2.19. The van der Waals surface area contributed by atoms with E-state index in [1.54, 1.807) is 48.5 Å². The van der Waals surface area contributed by atoms with Crippen LogP contribution in [0.15, 0.2) is 48.5 Å². The van der Waals surface area contributed by atoms with E-state index in [9.17, 15) is 14.7 Å². The second-order valence-electron chi connectivity index (χ2n) is 5.39. The molecule has 3 rings (SSSR count). The van der Waals surface area contributed by atoms with Gasteiger partial charge in [-0.05, 0) is 23.3 Å². The number of aliphatic hydroxyl groups is 1. The molecular weight excluding hydrogens is 326 g/mol. The molecule has 0 fully saturated rings. The van der Waals surface area contributed by atoms with Gasteiger partial charge in [0.05, 0.1) is 0 Å². The molecule has 25 heavy (non-hydrogen) atoms. The van der Waals surface area contributed by atoms with Crippen molar-refractivity contribution in [2.75, 3.05) is 13.4 Å². The van der Waals surface area contributed by atoms with Crippen molar-refractivity contribution in [3.05, 3.63) is 59.7 Å². The van der Waals surface area contributed by atoms with E-state index in [0.29, 0.717) is 17.1 Å². The normalized spacial score (nSPS) is 13.2. The Morgan fingerprint density at radius 1 is 1.12 bits per heavy atom. The lowest BCUT2D eigenvalue weighted by Crippen LogP contribution is -2.29. The molecule has 1 atom stereocenters. The molecule has 0 saturated carbocycles. The molecule has 0 bridgehead atoms. The number of ether oxygens (including phenoxy) is 3. The highest BCUT2D eigenvalue weighted by molar-refractivity contribution is 5.82. The monoisotopic (exact) mass is 343 g/mol. The lowest BCUT2D eigenvalue weighted by molar-refractivity contribution is -0.157. The summed E-state index contributed by atoms with van der Waals surface area (Å²) in [6.07, 6.45) is -1.41. The molecule has 2 N–H and O–H groups in total. The zero-order valence-electron chi connectivity index (χ0n) is 13.3. The van der Waals surface area contributed by atoms with Crippen LogP contribution in [-0.4, -0.2) is 30.4 Å². The maximum Gasteiger partial charge on any atom is 0.340 e. The average Bonchev–Trinajstić information content (AvgIpc) is 3.12. The minimum absolute atomic E-state index is 0.185. The Kier molecular flexibility index (Phi) is 5.15. The van der Waals surface area contributed by atoms with Gasteiger partial charge >= 0.3 is 5.97 Å². The van der Waals surface area contributed by atoms with Crippen LogP contribution >= 0.6 is 0 Å². The number of nitrogens with one attached hydrogen (secondary N) is 1. The van der Waals surface area contributed by atoms with Crippen LogP contribution in [0.4, 0.5) is 0 Å². The summed E-state index contributed by atoms with van der Waals surface area (Å²) < 4.78 is 15.3. The Morgan fingerprint density at radius 2 is 1.88 bits per heavy atom. The zero-order chi connectivity index (χ0) is 17.6. The number of benzene rings is 2. The summed E-state index contributed by atoms with van der Waals surface area (Å²) in [4.78, 5) is 23.6. The topological polar surface area (TPSA) is 94.1 Å². The summed E-state index contributed by atoms with van der Waals surface area (Å²) in [6.45, 7) is -0.0214. The van der Waals surface area contributed by atoms with Crippen LogP contribution in [0.2, 0.25) is 0 Å². The number of hydrogen-bond donors (Lipinski definition) is 2. The third kappa shape index (κ3) is 4.27. The standard InChI is InChI=1S/C18H17NO6/c20-16(10-23-18(22)17(21)13-4-2-1-3-5-13)19-9-12-6-7-14-15(8-12)25-11-24-14/h1-8,17,21H,9-11H2,(H,19,20)/t17-/m0/s1. The van der Waals surface area contributed by atoms with Crippen molar-refractivity contribution in [1.82, 2.24) is 5.32 Å². The second kappa shape index (κ2) is 7.67. The fourth-order valence-corrected chi connectivity index (χ4v) is 2.29. The molecule has 0 unspecified atom stereocenters. The van der Waals surface area contributed by atoms with Gasteiger partial charge in [-0.1, -0.05) is 36.4 Å². The molecule has 7 heteroatoms. The van der Waals surface area contributed by atoms with Crippen LogP contribution in [0.3, 0.4) is 0 Å². The summed E-state index contributed by atoms with van der Waals surface area (Å²) in [5.74, 6) is -0.0428. The van der Waals surface area contributed by atoms with Gasteiger partial charge in [0.2, 0.25) is 6.79 Å². The molecule has 2 aromatic carbocycles. The molecule has 0 aromatic heterocycles. The largest absolute Gasteiger partial charge is 0.454 e. The van der Waals surface area contributed by atoms with Crippen molar-refractivity contribution in [1.29, 1.82) is 0 Å². The molecule has 0 spiro atoms. The number of carbonyl (C=O) groups is 2. The van der Waals surface area contributed by atoms with Gasteiger partial charge in [-0.2, -0.15) is 0 Å². The van der Waals surface area contributed by atoms with E-state index in [1.165, 1.54) is 0 Å². The van der Waals surface area contributed by atoms with Crippen LogP contribution in [0.25, 0.3) is 0 Å². The third-order valence-electron chi connectivity index (χ3n) is 3.61. The van der Waals surface area contributed by atoms with E-state index in [4.69, 9.17) is 14.2 Å². The Balaban J connectivity index is 1.44. The molecule has 130 valence electrons. The molecule has 0 saturated heterocycles. The molecule has 0 aliphatic carbocycles. The Bertz CT molecular complexity index is 761. The molecule has 1 aliphatic heterocycles. The molecule has 1 amide bonds. The fraction of sp³-hybridized carbons (Fsp3) is 0.222. The van der Waals surface area contributed by atoms with Crippen LogP contribution in [-0.2, 0) is 20.9 Å². The van der Waals surface area contributed by atoms with E-state index in [2.05, 4.69) is 5.32 Å². The van der Waals surface area contributed by atoms with Gasteiger partial charge in [0.25, 0.3) is 5.91 Å². The van der Waals surface area contributed by atoms with E-state index < -0.39 is 24.6 Å². The molecule has 7 nitrogen and oxygen atoms in total. The van der Waals surface area contributed by atoms with Crippen LogP contribution in [0.1, 0.15) is 17.2 Å². The molecule has 0 radical (unpaired) electrons. The van der Waals surface area contributed by atoms with Crippen molar-refractivity contribution in [2.45, 2.75) is 12.6 Å². The van der Waals surface area contributed by atoms with Crippen LogP contribution in [0, 0.1) is 0 Å². The van der Waals surface area contributed by atoms with Crippen molar-refractivity contribution in [2.24, 2.45) is 0 Å². The predicted octanol–water partition coefficient (Wildman–Crippen LogP) is 1.31. The Morgan fingerprint density at radius 3 is 2.68 bits per heavy atom. The Labute approximate surface area is 144 Å². The van der Waals surface area contributed by atoms with E-state index >= 15 is 0 Å². The predicted molar refractivity (Wildman–Crippen MR) is 86.8 cm³/mol. The van der Waals surface area contributed by atoms with Crippen LogP contribution in [0.5, 0.6) is 11.5 Å². The van der Waals surface area contributed by atoms with Gasteiger partial charge in [-0.15, -0.1) is 0 Å². The Hall–Kier alpha value is -3.06. The van der Waals surface area contributed by atoms with Crippen molar-refractivity contribution >= 4 is 11.9 Å². The molecule has 1 heterocycles. The quantitative estimate of drug-likeness (QED) is 0.768. The number of aliphatic hydroxyl groups excluding tert-OH is 1. The van der Waals surface area contributed by atoms with Crippen molar-refractivity contribution in [3.63, 3.8) is 0 Å². The fourth-order valence-electron chi connectivity index (χ4n) is 2.29. The van der Waals surface area contributed by atoms with Gasteiger partial charge < -0.3 is 24.6 Å². The SMILES string of the molecule is O=C(COC(=O)[C@@H](O)c1ccccc1)NCc1ccc2c(c1)OCO2. The average molecular weight is 343 g/mol. The first kappa shape index (κ1) is 16.8. The zero-order valence-corrected chi connectivity index (χ0v) is 13.3.